The fourth-order valence-electron chi connectivity index (χ4n) is 2.94. The molecule has 3 aromatic rings. The Labute approximate surface area is 123 Å². The highest BCUT2D eigenvalue weighted by Crippen LogP contribution is 2.37. The molecule has 1 aromatic carbocycles. The summed E-state index contributed by atoms with van der Waals surface area (Å²) in [5.41, 5.74) is 3.09. The summed E-state index contributed by atoms with van der Waals surface area (Å²) in [7, 11) is 1.83. The number of aryl methyl sites for hydroxylation is 3. The molecule has 0 bridgehead atoms. The van der Waals surface area contributed by atoms with Gasteiger partial charge in [0.1, 0.15) is 18.6 Å². The van der Waals surface area contributed by atoms with Crippen molar-refractivity contribution in [2.75, 3.05) is 0 Å². The molecule has 0 fully saturated rings. The van der Waals surface area contributed by atoms with Gasteiger partial charge in [-0.1, -0.05) is 6.92 Å². The highest BCUT2D eigenvalue weighted by molar-refractivity contribution is 7.18. The minimum absolute atomic E-state index is 0.226. The van der Waals surface area contributed by atoms with Gasteiger partial charge in [-0.2, -0.15) is 8.96 Å². The molecule has 0 amide bonds. The van der Waals surface area contributed by atoms with Crippen molar-refractivity contribution in [1.29, 1.82) is 0 Å². The summed E-state index contributed by atoms with van der Waals surface area (Å²) in [5, 5.41) is -1.30. The van der Waals surface area contributed by atoms with Crippen LogP contribution >= 0.6 is 11.3 Å². The summed E-state index contributed by atoms with van der Waals surface area (Å²) in [5.74, 6) is -1.84. The molecule has 3 rings (SSSR count). The number of hydrogen-bond acceptors (Lipinski definition) is 2. The van der Waals surface area contributed by atoms with Gasteiger partial charge in [-0.05, 0) is 13.8 Å². The fraction of sp³-hybridized carbons (Fsp3) is 0.333. The van der Waals surface area contributed by atoms with Gasteiger partial charge in [0.2, 0.25) is 16.3 Å². The predicted octanol–water partition coefficient (Wildman–Crippen LogP) is 3.87. The Kier molecular flexibility index (Phi) is 3.16. The van der Waals surface area contributed by atoms with Crippen molar-refractivity contribution in [3.8, 4) is 0 Å². The van der Waals surface area contributed by atoms with Crippen molar-refractivity contribution < 1.29 is 17.7 Å². The normalized spacial score (nSPS) is 11.8. The van der Waals surface area contributed by atoms with Gasteiger partial charge in [-0.3, -0.25) is 0 Å². The standard InChI is InChI=1S/C15H14F3N2S/c1-5-8-7(3)19-12-13(20(8)4)6(2)10(16)9-11(17)15(18)21-14(9)12/h5H2,1-4H3/q+1. The van der Waals surface area contributed by atoms with Gasteiger partial charge in [0, 0.05) is 6.42 Å². The van der Waals surface area contributed by atoms with Gasteiger partial charge in [0.15, 0.2) is 11.3 Å². The molecule has 0 radical (unpaired) electrons. The zero-order valence-electron chi connectivity index (χ0n) is 12.1. The van der Waals surface area contributed by atoms with Crippen LogP contribution in [-0.2, 0) is 13.5 Å². The van der Waals surface area contributed by atoms with Gasteiger partial charge in [0.05, 0.1) is 15.6 Å². The van der Waals surface area contributed by atoms with E-state index in [1.807, 2.05) is 25.5 Å². The van der Waals surface area contributed by atoms with Crippen LogP contribution in [0.2, 0.25) is 0 Å². The third kappa shape index (κ3) is 1.78. The summed E-state index contributed by atoms with van der Waals surface area (Å²) < 4.78 is 44.0. The van der Waals surface area contributed by atoms with Gasteiger partial charge in [-0.15, -0.1) is 11.3 Å². The Morgan fingerprint density at radius 2 is 1.81 bits per heavy atom. The molecule has 0 saturated heterocycles. The molecule has 0 aliphatic carbocycles. The monoisotopic (exact) mass is 311 g/mol. The second-order valence-electron chi connectivity index (χ2n) is 5.09. The van der Waals surface area contributed by atoms with Crippen molar-refractivity contribution >= 4 is 32.5 Å². The first-order chi connectivity index (χ1) is 9.88. The van der Waals surface area contributed by atoms with Crippen molar-refractivity contribution in [2.24, 2.45) is 7.05 Å². The Morgan fingerprint density at radius 3 is 2.43 bits per heavy atom. The summed E-state index contributed by atoms with van der Waals surface area (Å²) in [4.78, 5) is 4.48. The van der Waals surface area contributed by atoms with E-state index >= 15 is 0 Å². The highest BCUT2D eigenvalue weighted by atomic mass is 32.1. The van der Waals surface area contributed by atoms with Crippen LogP contribution in [0.3, 0.4) is 0 Å². The number of halogens is 3. The minimum Gasteiger partial charge on any atom is -0.239 e. The van der Waals surface area contributed by atoms with E-state index in [1.54, 1.807) is 6.92 Å². The number of thiophene rings is 1. The van der Waals surface area contributed by atoms with E-state index in [0.717, 1.165) is 17.8 Å². The van der Waals surface area contributed by atoms with Crippen LogP contribution in [0, 0.1) is 30.6 Å². The van der Waals surface area contributed by atoms with Gasteiger partial charge < -0.3 is 0 Å². The van der Waals surface area contributed by atoms with Crippen LogP contribution in [0.4, 0.5) is 13.2 Å². The van der Waals surface area contributed by atoms with E-state index in [2.05, 4.69) is 4.98 Å². The third-order valence-corrected chi connectivity index (χ3v) is 4.89. The van der Waals surface area contributed by atoms with Crippen LogP contribution < -0.4 is 4.57 Å². The predicted molar refractivity (Wildman–Crippen MR) is 77.0 cm³/mol. The lowest BCUT2D eigenvalue weighted by Crippen LogP contribution is -2.37. The molecule has 2 heterocycles. The molecular weight excluding hydrogens is 297 g/mol. The number of hydrogen-bond donors (Lipinski definition) is 0. The molecule has 0 saturated carbocycles. The molecule has 0 spiro atoms. The van der Waals surface area contributed by atoms with E-state index in [4.69, 9.17) is 0 Å². The van der Waals surface area contributed by atoms with Crippen LogP contribution in [0.15, 0.2) is 0 Å². The summed E-state index contributed by atoms with van der Waals surface area (Å²) in [6, 6.07) is 0. The van der Waals surface area contributed by atoms with Crippen LogP contribution in [0.25, 0.3) is 21.1 Å². The van der Waals surface area contributed by atoms with Crippen LogP contribution in [0.1, 0.15) is 23.9 Å². The number of rotatable bonds is 1. The second kappa shape index (κ2) is 4.66. The van der Waals surface area contributed by atoms with E-state index < -0.39 is 16.8 Å². The number of fused-ring (bicyclic) bond motifs is 3. The molecule has 0 aliphatic rings. The lowest BCUT2D eigenvalue weighted by molar-refractivity contribution is -0.653. The first-order valence-electron chi connectivity index (χ1n) is 6.63. The van der Waals surface area contributed by atoms with E-state index in [0.29, 0.717) is 27.9 Å². The van der Waals surface area contributed by atoms with Gasteiger partial charge in [-0.25, -0.2) is 13.8 Å². The van der Waals surface area contributed by atoms with Crippen molar-refractivity contribution in [3.05, 3.63) is 33.7 Å². The van der Waals surface area contributed by atoms with Gasteiger partial charge >= 0.3 is 0 Å². The molecule has 0 unspecified atom stereocenters. The van der Waals surface area contributed by atoms with Crippen molar-refractivity contribution in [3.63, 3.8) is 0 Å². The molecule has 21 heavy (non-hydrogen) atoms. The number of nitrogens with zero attached hydrogens (tertiary/aromatic N) is 2. The Morgan fingerprint density at radius 1 is 1.14 bits per heavy atom. The third-order valence-electron chi connectivity index (χ3n) is 3.93. The highest BCUT2D eigenvalue weighted by Gasteiger charge is 2.27. The van der Waals surface area contributed by atoms with E-state index in [-0.39, 0.29) is 10.1 Å². The molecule has 2 aromatic heterocycles. The Hall–Kier alpha value is -1.69. The smallest absolute Gasteiger partial charge is 0.238 e. The average molecular weight is 311 g/mol. The molecular formula is C15H14F3N2S+. The lowest BCUT2D eigenvalue weighted by Gasteiger charge is -2.08. The molecule has 2 nitrogen and oxygen atoms in total. The quantitative estimate of drug-likeness (QED) is 0.623. The number of benzene rings is 1. The van der Waals surface area contributed by atoms with Crippen LogP contribution in [-0.4, -0.2) is 4.98 Å². The lowest BCUT2D eigenvalue weighted by atomic mass is 10.1. The summed E-state index contributed by atoms with van der Waals surface area (Å²) >= 11 is 0.604. The summed E-state index contributed by atoms with van der Waals surface area (Å²) in [6.07, 6.45) is 0.748. The maximum atomic E-state index is 14.5. The SMILES string of the molecule is CCc1c(C)nc2c3sc(F)c(F)c3c(F)c(C)c2[n+]1C. The Bertz CT molecular complexity index is 900. The maximum absolute atomic E-state index is 14.5. The zero-order valence-corrected chi connectivity index (χ0v) is 13.0. The topological polar surface area (TPSA) is 16.8 Å². The average Bonchev–Trinajstić information content (AvgIpc) is 2.72. The zero-order chi connectivity index (χ0) is 15.5. The van der Waals surface area contributed by atoms with E-state index in [9.17, 15) is 13.2 Å². The van der Waals surface area contributed by atoms with Crippen molar-refractivity contribution in [2.45, 2.75) is 27.2 Å². The van der Waals surface area contributed by atoms with Gasteiger partial charge in [0.25, 0.3) is 0 Å². The minimum atomic E-state index is -1.13. The Balaban J connectivity index is 2.67. The second-order valence-corrected chi connectivity index (χ2v) is 6.06. The van der Waals surface area contributed by atoms with Crippen LogP contribution in [0.5, 0.6) is 0 Å². The fourth-order valence-corrected chi connectivity index (χ4v) is 3.83. The molecule has 110 valence electrons. The summed E-state index contributed by atoms with van der Waals surface area (Å²) in [6.45, 7) is 5.41. The largest absolute Gasteiger partial charge is 0.239 e. The van der Waals surface area contributed by atoms with Crippen molar-refractivity contribution in [1.82, 2.24) is 4.98 Å². The first kappa shape index (κ1) is 14.3. The molecule has 0 aliphatic heterocycles. The maximum Gasteiger partial charge on any atom is 0.238 e. The first-order valence-corrected chi connectivity index (χ1v) is 7.44. The van der Waals surface area contributed by atoms with E-state index in [1.165, 1.54) is 0 Å². The molecule has 6 heteroatoms. The molecule has 0 N–H and O–H groups in total. The number of aromatic nitrogens is 2. The molecule has 0 atom stereocenters.